The largest absolute Gasteiger partial charge is 0.457 e. The molecule has 0 heterocycles. The van der Waals surface area contributed by atoms with Gasteiger partial charge in [-0.3, -0.25) is 4.79 Å². The highest BCUT2D eigenvalue weighted by atomic mass is 16.6. The lowest BCUT2D eigenvalue weighted by molar-refractivity contribution is -0.154. The molecule has 0 aliphatic rings. The number of esters is 1. The van der Waals surface area contributed by atoms with Gasteiger partial charge in [0.15, 0.2) is 0 Å². The van der Waals surface area contributed by atoms with E-state index in [9.17, 15) is 9.90 Å². The summed E-state index contributed by atoms with van der Waals surface area (Å²) in [4.78, 5) is 12.0. The van der Waals surface area contributed by atoms with Crippen molar-refractivity contribution in [1.82, 2.24) is 0 Å². The monoisotopic (exact) mass is 639 g/mol. The predicted octanol–water partition coefficient (Wildman–Crippen LogP) is 13.2. The normalized spacial score (nSPS) is 12.2. The van der Waals surface area contributed by atoms with Gasteiger partial charge in [0.25, 0.3) is 0 Å². The molecule has 1 N–H and O–H groups in total. The van der Waals surface area contributed by atoms with Crippen molar-refractivity contribution in [3.63, 3.8) is 0 Å². The van der Waals surface area contributed by atoms with E-state index in [0.717, 1.165) is 19.3 Å². The highest BCUT2D eigenvalue weighted by Gasteiger charge is 2.13. The Morgan fingerprint density at radius 2 is 0.733 bits per heavy atom. The van der Waals surface area contributed by atoms with E-state index in [2.05, 4.69) is 13.8 Å². The first-order valence-corrected chi connectivity index (χ1v) is 20.6. The fourth-order valence-corrected chi connectivity index (χ4v) is 6.33. The van der Waals surface area contributed by atoms with Gasteiger partial charge in [-0.1, -0.05) is 213 Å². The number of ether oxygens (including phenoxy) is 2. The highest BCUT2D eigenvalue weighted by Crippen LogP contribution is 2.16. The first kappa shape index (κ1) is 44.4. The summed E-state index contributed by atoms with van der Waals surface area (Å²) in [6.07, 6.45) is 44.7. The zero-order chi connectivity index (χ0) is 32.7. The van der Waals surface area contributed by atoms with E-state index in [1.807, 2.05) is 0 Å². The molecule has 4 nitrogen and oxygen atoms in total. The summed E-state index contributed by atoms with van der Waals surface area (Å²) in [6, 6.07) is 0. The minimum atomic E-state index is -0.522. The lowest BCUT2D eigenvalue weighted by atomic mass is 10.0. The Bertz CT molecular complexity index is 552. The number of hydrogen-bond acceptors (Lipinski definition) is 4. The first-order valence-electron chi connectivity index (χ1n) is 20.6. The zero-order valence-corrected chi connectivity index (χ0v) is 30.9. The Morgan fingerprint density at radius 1 is 0.444 bits per heavy atom. The maximum atomic E-state index is 12.0. The third-order valence-electron chi connectivity index (χ3n) is 9.43. The fourth-order valence-electron chi connectivity index (χ4n) is 6.33. The van der Waals surface area contributed by atoms with E-state index < -0.39 is 6.10 Å². The van der Waals surface area contributed by atoms with Crippen LogP contribution in [0.2, 0.25) is 0 Å². The predicted molar refractivity (Wildman–Crippen MR) is 196 cm³/mol. The van der Waals surface area contributed by atoms with Crippen molar-refractivity contribution in [2.45, 2.75) is 238 Å². The van der Waals surface area contributed by atoms with Crippen LogP contribution in [0, 0.1) is 0 Å². The summed E-state index contributed by atoms with van der Waals surface area (Å²) in [5, 5.41) is 9.51. The van der Waals surface area contributed by atoms with Crippen LogP contribution in [0.1, 0.15) is 232 Å². The van der Waals surface area contributed by atoms with E-state index in [1.165, 1.54) is 193 Å². The van der Waals surface area contributed by atoms with Gasteiger partial charge in [0, 0.05) is 13.0 Å². The number of hydrogen-bond donors (Lipinski definition) is 1. The van der Waals surface area contributed by atoms with Crippen LogP contribution >= 0.6 is 0 Å². The molecule has 0 saturated heterocycles. The molecule has 0 bridgehead atoms. The van der Waals surface area contributed by atoms with E-state index in [4.69, 9.17) is 9.47 Å². The van der Waals surface area contributed by atoms with Crippen molar-refractivity contribution in [2.24, 2.45) is 0 Å². The molecule has 0 aliphatic carbocycles. The molecule has 4 heteroatoms. The minimum absolute atomic E-state index is 0.164. The Kier molecular flexibility index (Phi) is 39.0. The molecule has 0 amide bonds. The molecule has 0 saturated carbocycles. The van der Waals surface area contributed by atoms with Gasteiger partial charge in [-0.05, 0) is 12.8 Å². The molecule has 0 fully saturated rings. The topological polar surface area (TPSA) is 55.8 Å². The molecule has 0 aromatic heterocycles. The molecule has 0 aromatic carbocycles. The second-order valence-electron chi connectivity index (χ2n) is 14.1. The van der Waals surface area contributed by atoms with Crippen molar-refractivity contribution in [1.29, 1.82) is 0 Å². The van der Waals surface area contributed by atoms with Crippen LogP contribution in [0.15, 0.2) is 0 Å². The number of carbonyl (C=O) groups is 1. The van der Waals surface area contributed by atoms with Crippen molar-refractivity contribution in [3.8, 4) is 0 Å². The van der Waals surface area contributed by atoms with Gasteiger partial charge in [0.2, 0.25) is 0 Å². The molecule has 0 spiro atoms. The first-order chi connectivity index (χ1) is 22.2. The standard InChI is InChI=1S/C41H82O4/c1-3-5-7-9-11-12-13-14-15-16-17-18-19-20-21-22-23-24-25-26-27-28-29-31-33-35-37-44-39-40(38-42)45-41(43)36-34-32-30-10-8-6-4-2/h40,42H,3-39H2,1-2H3. The lowest BCUT2D eigenvalue weighted by Crippen LogP contribution is -2.27. The summed E-state index contributed by atoms with van der Waals surface area (Å²) < 4.78 is 11.1. The van der Waals surface area contributed by atoms with Gasteiger partial charge in [-0.2, -0.15) is 0 Å². The smallest absolute Gasteiger partial charge is 0.306 e. The molecule has 0 aliphatic heterocycles. The van der Waals surface area contributed by atoms with E-state index in [1.54, 1.807) is 0 Å². The van der Waals surface area contributed by atoms with E-state index in [-0.39, 0.29) is 12.6 Å². The van der Waals surface area contributed by atoms with Gasteiger partial charge < -0.3 is 14.6 Å². The van der Waals surface area contributed by atoms with Gasteiger partial charge in [-0.15, -0.1) is 0 Å². The Balaban J connectivity index is 3.26. The number of carbonyl (C=O) groups excluding carboxylic acids is 1. The Labute approximate surface area is 283 Å². The molecule has 1 atom stereocenters. The van der Waals surface area contributed by atoms with Crippen molar-refractivity contribution >= 4 is 5.97 Å². The average molecular weight is 639 g/mol. The summed E-state index contributed by atoms with van der Waals surface area (Å²) in [5.41, 5.74) is 0. The molecule has 0 radical (unpaired) electrons. The Hall–Kier alpha value is -0.610. The average Bonchev–Trinajstić information content (AvgIpc) is 3.05. The summed E-state index contributed by atoms with van der Waals surface area (Å²) in [7, 11) is 0. The second kappa shape index (κ2) is 39.6. The molecule has 1 unspecified atom stereocenters. The third kappa shape index (κ3) is 37.7. The number of aliphatic hydroxyl groups is 1. The minimum Gasteiger partial charge on any atom is -0.457 e. The maximum Gasteiger partial charge on any atom is 0.306 e. The molecule has 0 aromatic rings. The third-order valence-corrected chi connectivity index (χ3v) is 9.43. The number of aliphatic hydroxyl groups excluding tert-OH is 1. The summed E-state index contributed by atoms with van der Waals surface area (Å²) >= 11 is 0. The van der Waals surface area contributed by atoms with E-state index >= 15 is 0 Å². The molecular weight excluding hydrogens is 556 g/mol. The maximum absolute atomic E-state index is 12.0. The molecule has 270 valence electrons. The van der Waals surface area contributed by atoms with E-state index in [0.29, 0.717) is 19.6 Å². The van der Waals surface area contributed by atoms with Gasteiger partial charge in [-0.25, -0.2) is 0 Å². The summed E-state index contributed by atoms with van der Waals surface area (Å²) in [5.74, 6) is -0.202. The summed E-state index contributed by atoms with van der Waals surface area (Å²) in [6.45, 7) is 5.35. The van der Waals surface area contributed by atoms with Gasteiger partial charge >= 0.3 is 5.97 Å². The highest BCUT2D eigenvalue weighted by molar-refractivity contribution is 5.69. The zero-order valence-electron chi connectivity index (χ0n) is 30.9. The van der Waals surface area contributed by atoms with Crippen molar-refractivity contribution < 1.29 is 19.4 Å². The molecule has 45 heavy (non-hydrogen) atoms. The van der Waals surface area contributed by atoms with Crippen LogP contribution in [0.4, 0.5) is 0 Å². The van der Waals surface area contributed by atoms with Crippen molar-refractivity contribution in [2.75, 3.05) is 19.8 Å². The number of rotatable bonds is 39. The second-order valence-corrected chi connectivity index (χ2v) is 14.1. The van der Waals surface area contributed by atoms with Crippen LogP contribution in [0.25, 0.3) is 0 Å². The quantitative estimate of drug-likeness (QED) is 0.0537. The van der Waals surface area contributed by atoms with Gasteiger partial charge in [0.1, 0.15) is 6.10 Å². The fraction of sp³-hybridized carbons (Fsp3) is 0.976. The lowest BCUT2D eigenvalue weighted by Gasteiger charge is -2.15. The SMILES string of the molecule is CCCCCCCCCCCCCCCCCCCCCCCCCCCCOCC(CO)OC(=O)CCCCCCCCC. The number of unbranched alkanes of at least 4 members (excludes halogenated alkanes) is 31. The van der Waals surface area contributed by atoms with Crippen molar-refractivity contribution in [3.05, 3.63) is 0 Å². The molecule has 0 rings (SSSR count). The van der Waals surface area contributed by atoms with Crippen LogP contribution in [-0.2, 0) is 14.3 Å². The van der Waals surface area contributed by atoms with Gasteiger partial charge in [0.05, 0.1) is 13.2 Å². The van der Waals surface area contributed by atoms with Crippen LogP contribution in [0.5, 0.6) is 0 Å². The van der Waals surface area contributed by atoms with Crippen LogP contribution in [-0.4, -0.2) is 37.0 Å². The van der Waals surface area contributed by atoms with Crippen LogP contribution in [0.3, 0.4) is 0 Å². The molecular formula is C41H82O4. The van der Waals surface area contributed by atoms with Crippen LogP contribution < -0.4 is 0 Å². The Morgan fingerprint density at radius 3 is 1.04 bits per heavy atom.